The third-order valence-corrected chi connectivity index (χ3v) is 2.36. The van der Waals surface area contributed by atoms with Crippen LogP contribution in [0.5, 0.6) is 0 Å². The molecular formula is C12H22F3NO2. The van der Waals surface area contributed by atoms with Crippen molar-refractivity contribution in [1.82, 2.24) is 5.32 Å². The molecule has 0 heterocycles. The average Bonchev–Trinajstić information content (AvgIpc) is 2.26. The first-order valence-corrected chi connectivity index (χ1v) is 6.39. The fourth-order valence-electron chi connectivity index (χ4n) is 1.43. The Hall–Kier alpha value is -0.780. The molecule has 0 saturated carbocycles. The maximum absolute atomic E-state index is 11.7. The quantitative estimate of drug-likeness (QED) is 0.489. The SMILES string of the molecule is CCCCCCCCOC(=O)CNCC(F)(F)F. The van der Waals surface area contributed by atoms with Crippen molar-refractivity contribution in [3.05, 3.63) is 0 Å². The van der Waals surface area contributed by atoms with Crippen LogP contribution in [0.1, 0.15) is 45.4 Å². The zero-order chi connectivity index (χ0) is 13.9. The van der Waals surface area contributed by atoms with Crippen LogP contribution in [0.2, 0.25) is 0 Å². The normalized spacial score (nSPS) is 11.6. The zero-order valence-electron chi connectivity index (χ0n) is 10.8. The van der Waals surface area contributed by atoms with Gasteiger partial charge in [0.1, 0.15) is 0 Å². The predicted octanol–water partition coefficient (Wildman–Crippen LogP) is 3.04. The number of carbonyl (C=O) groups is 1. The van der Waals surface area contributed by atoms with Crippen LogP contribution in [0.15, 0.2) is 0 Å². The summed E-state index contributed by atoms with van der Waals surface area (Å²) in [6.45, 7) is 0.864. The molecule has 0 bridgehead atoms. The highest BCUT2D eigenvalue weighted by Gasteiger charge is 2.26. The topological polar surface area (TPSA) is 38.3 Å². The van der Waals surface area contributed by atoms with Gasteiger partial charge in [-0.2, -0.15) is 13.2 Å². The Balaban J connectivity index is 3.27. The third-order valence-electron chi connectivity index (χ3n) is 2.36. The maximum Gasteiger partial charge on any atom is 0.401 e. The van der Waals surface area contributed by atoms with Gasteiger partial charge < -0.3 is 4.74 Å². The van der Waals surface area contributed by atoms with Gasteiger partial charge in [-0.05, 0) is 6.42 Å². The van der Waals surface area contributed by atoms with Crippen LogP contribution in [0.25, 0.3) is 0 Å². The number of halogens is 3. The van der Waals surface area contributed by atoms with Crippen molar-refractivity contribution in [3.8, 4) is 0 Å². The second-order valence-corrected chi connectivity index (χ2v) is 4.21. The highest BCUT2D eigenvalue weighted by atomic mass is 19.4. The Morgan fingerprint density at radius 2 is 1.72 bits per heavy atom. The molecule has 0 aromatic rings. The number of carbonyl (C=O) groups excluding carboxylic acids is 1. The van der Waals surface area contributed by atoms with Crippen LogP contribution in [0.3, 0.4) is 0 Å². The molecule has 0 unspecified atom stereocenters. The summed E-state index contributed by atoms with van der Waals surface area (Å²) in [6, 6.07) is 0. The van der Waals surface area contributed by atoms with Crippen molar-refractivity contribution >= 4 is 5.97 Å². The minimum atomic E-state index is -4.29. The van der Waals surface area contributed by atoms with Crippen molar-refractivity contribution in [1.29, 1.82) is 0 Å². The molecular weight excluding hydrogens is 247 g/mol. The Morgan fingerprint density at radius 3 is 2.33 bits per heavy atom. The van der Waals surface area contributed by atoms with Crippen molar-refractivity contribution < 1.29 is 22.7 Å². The first kappa shape index (κ1) is 17.2. The van der Waals surface area contributed by atoms with Crippen molar-refractivity contribution in [2.75, 3.05) is 19.7 Å². The fraction of sp³-hybridized carbons (Fsp3) is 0.917. The number of alkyl halides is 3. The molecule has 0 aromatic carbocycles. The summed E-state index contributed by atoms with van der Waals surface area (Å²) < 4.78 is 40.0. The molecule has 18 heavy (non-hydrogen) atoms. The molecule has 0 fully saturated rings. The summed E-state index contributed by atoms with van der Waals surface area (Å²) in [4.78, 5) is 11.0. The van der Waals surface area contributed by atoms with Gasteiger partial charge >= 0.3 is 12.1 Å². The van der Waals surface area contributed by atoms with Gasteiger partial charge in [-0.1, -0.05) is 39.0 Å². The van der Waals surface area contributed by atoms with Crippen molar-refractivity contribution in [2.24, 2.45) is 0 Å². The largest absolute Gasteiger partial charge is 0.465 e. The lowest BCUT2D eigenvalue weighted by Gasteiger charge is -2.08. The minimum Gasteiger partial charge on any atom is -0.465 e. The number of ether oxygens (including phenoxy) is 1. The molecule has 0 radical (unpaired) electrons. The number of nitrogens with one attached hydrogen (secondary N) is 1. The van der Waals surface area contributed by atoms with Gasteiger partial charge in [0.2, 0.25) is 0 Å². The number of rotatable bonds is 10. The monoisotopic (exact) mass is 269 g/mol. The Labute approximate surface area is 106 Å². The first-order valence-electron chi connectivity index (χ1n) is 6.39. The van der Waals surface area contributed by atoms with Gasteiger partial charge in [0, 0.05) is 0 Å². The van der Waals surface area contributed by atoms with E-state index in [4.69, 9.17) is 4.74 Å². The summed E-state index contributed by atoms with van der Waals surface area (Å²) in [5.41, 5.74) is 0. The van der Waals surface area contributed by atoms with Crippen LogP contribution < -0.4 is 5.32 Å². The standard InChI is InChI=1S/C12H22F3NO2/c1-2-3-4-5-6-7-8-18-11(17)9-16-10-12(13,14)15/h16H,2-10H2,1H3. The second-order valence-electron chi connectivity index (χ2n) is 4.21. The van der Waals surface area contributed by atoms with Crippen LogP contribution in [-0.2, 0) is 9.53 Å². The lowest BCUT2D eigenvalue weighted by molar-refractivity contribution is -0.144. The molecule has 6 heteroatoms. The molecule has 0 aliphatic heterocycles. The maximum atomic E-state index is 11.7. The van der Waals surface area contributed by atoms with E-state index in [0.29, 0.717) is 6.61 Å². The highest BCUT2D eigenvalue weighted by Crippen LogP contribution is 2.11. The molecule has 0 aromatic heterocycles. The molecule has 108 valence electrons. The lowest BCUT2D eigenvalue weighted by Crippen LogP contribution is -2.33. The summed E-state index contributed by atoms with van der Waals surface area (Å²) in [5, 5.41) is 1.99. The van der Waals surface area contributed by atoms with Crippen molar-refractivity contribution in [2.45, 2.75) is 51.6 Å². The zero-order valence-corrected chi connectivity index (χ0v) is 10.8. The molecule has 1 N–H and O–H groups in total. The Kier molecular flexibility index (Phi) is 9.73. The molecule has 3 nitrogen and oxygen atoms in total. The summed E-state index contributed by atoms with van der Waals surface area (Å²) in [7, 11) is 0. The average molecular weight is 269 g/mol. The number of hydrogen-bond acceptors (Lipinski definition) is 3. The molecule has 0 atom stereocenters. The van der Waals surface area contributed by atoms with Crippen LogP contribution >= 0.6 is 0 Å². The third kappa shape index (κ3) is 13.3. The molecule has 0 amide bonds. The Morgan fingerprint density at radius 1 is 1.11 bits per heavy atom. The minimum absolute atomic E-state index is 0.290. The fourth-order valence-corrected chi connectivity index (χ4v) is 1.43. The van der Waals surface area contributed by atoms with E-state index in [0.717, 1.165) is 19.3 Å². The second kappa shape index (κ2) is 10.2. The Bertz CT molecular complexity index is 220. The van der Waals surface area contributed by atoms with Gasteiger partial charge in [-0.15, -0.1) is 0 Å². The van der Waals surface area contributed by atoms with Crippen molar-refractivity contribution in [3.63, 3.8) is 0 Å². The van der Waals surface area contributed by atoms with E-state index in [1.54, 1.807) is 0 Å². The van der Waals surface area contributed by atoms with Crippen LogP contribution in [0, 0.1) is 0 Å². The van der Waals surface area contributed by atoms with E-state index in [1.165, 1.54) is 19.3 Å². The van der Waals surface area contributed by atoms with E-state index in [-0.39, 0.29) is 0 Å². The number of esters is 1. The summed E-state index contributed by atoms with van der Waals surface area (Å²) in [6.07, 6.45) is 2.15. The molecule has 0 spiro atoms. The summed E-state index contributed by atoms with van der Waals surface area (Å²) in [5.74, 6) is -0.632. The van der Waals surface area contributed by atoms with E-state index in [9.17, 15) is 18.0 Å². The predicted molar refractivity (Wildman–Crippen MR) is 63.3 cm³/mol. The van der Waals surface area contributed by atoms with Gasteiger partial charge in [-0.25, -0.2) is 0 Å². The van der Waals surface area contributed by atoms with Crippen LogP contribution in [-0.4, -0.2) is 31.8 Å². The van der Waals surface area contributed by atoms with Crippen LogP contribution in [0.4, 0.5) is 13.2 Å². The van der Waals surface area contributed by atoms with Gasteiger partial charge in [0.05, 0.1) is 19.7 Å². The summed E-state index contributed by atoms with van der Waals surface area (Å²) >= 11 is 0. The van der Waals surface area contributed by atoms with Gasteiger partial charge in [0.15, 0.2) is 0 Å². The van der Waals surface area contributed by atoms with E-state index in [1.807, 2.05) is 5.32 Å². The first-order chi connectivity index (χ1) is 8.45. The van der Waals surface area contributed by atoms with E-state index >= 15 is 0 Å². The number of hydrogen-bond donors (Lipinski definition) is 1. The number of unbranched alkanes of at least 4 members (excludes halogenated alkanes) is 5. The van der Waals surface area contributed by atoms with Gasteiger partial charge in [-0.3, -0.25) is 10.1 Å². The van der Waals surface area contributed by atoms with E-state index < -0.39 is 25.2 Å². The molecule has 0 aliphatic rings. The highest BCUT2D eigenvalue weighted by molar-refractivity contribution is 5.71. The molecule has 0 saturated heterocycles. The molecule has 0 aliphatic carbocycles. The lowest BCUT2D eigenvalue weighted by atomic mass is 10.1. The van der Waals surface area contributed by atoms with Gasteiger partial charge in [0.25, 0.3) is 0 Å². The smallest absolute Gasteiger partial charge is 0.401 e. The molecule has 0 rings (SSSR count). The van der Waals surface area contributed by atoms with E-state index in [2.05, 4.69) is 6.92 Å².